The van der Waals surface area contributed by atoms with E-state index in [2.05, 4.69) is 4.98 Å². The van der Waals surface area contributed by atoms with Crippen LogP contribution < -0.4 is 0 Å². The van der Waals surface area contributed by atoms with E-state index in [9.17, 15) is 14.5 Å². The van der Waals surface area contributed by atoms with Crippen molar-refractivity contribution in [3.63, 3.8) is 0 Å². The van der Waals surface area contributed by atoms with Crippen LogP contribution in [-0.4, -0.2) is 14.5 Å². The van der Waals surface area contributed by atoms with Gasteiger partial charge in [-0.15, -0.1) is 0 Å². The van der Waals surface area contributed by atoms with Crippen LogP contribution >= 0.6 is 11.6 Å². The first-order valence-corrected chi connectivity index (χ1v) is 6.01. The molecule has 0 aliphatic carbocycles. The molecule has 3 rings (SSSR count). The zero-order chi connectivity index (χ0) is 14.3. The molecule has 3 aromatic rings. The van der Waals surface area contributed by atoms with Gasteiger partial charge in [0.2, 0.25) is 0 Å². The van der Waals surface area contributed by atoms with Crippen LogP contribution in [0, 0.1) is 15.9 Å². The second-order valence-electron chi connectivity index (χ2n) is 4.12. The average Bonchev–Trinajstić information content (AvgIpc) is 2.85. The standard InChI is InChI=1S/C13H7ClFN3O2/c14-8-5-13(18(19)20)12(6-9(8)15)17-7-16-10-3-1-2-4-11(10)17/h1-7H. The number of halogens is 2. The lowest BCUT2D eigenvalue weighted by molar-refractivity contribution is -0.384. The van der Waals surface area contributed by atoms with Gasteiger partial charge in [0.15, 0.2) is 0 Å². The highest BCUT2D eigenvalue weighted by Gasteiger charge is 2.20. The average molecular weight is 292 g/mol. The molecule has 0 amide bonds. The van der Waals surface area contributed by atoms with Gasteiger partial charge in [-0.1, -0.05) is 23.7 Å². The van der Waals surface area contributed by atoms with E-state index in [-0.39, 0.29) is 16.4 Å². The maximum absolute atomic E-state index is 13.6. The molecule has 0 unspecified atom stereocenters. The monoisotopic (exact) mass is 291 g/mol. The van der Waals surface area contributed by atoms with Crippen molar-refractivity contribution in [1.29, 1.82) is 0 Å². The Morgan fingerprint density at radius 3 is 2.80 bits per heavy atom. The van der Waals surface area contributed by atoms with E-state index in [1.54, 1.807) is 24.3 Å². The molecule has 0 saturated carbocycles. The van der Waals surface area contributed by atoms with E-state index in [1.165, 1.54) is 10.9 Å². The van der Waals surface area contributed by atoms with Crippen molar-refractivity contribution >= 4 is 28.3 Å². The van der Waals surface area contributed by atoms with Gasteiger partial charge in [-0.2, -0.15) is 0 Å². The lowest BCUT2D eigenvalue weighted by Gasteiger charge is -2.06. The summed E-state index contributed by atoms with van der Waals surface area (Å²) >= 11 is 5.61. The highest BCUT2D eigenvalue weighted by Crippen LogP contribution is 2.31. The molecule has 0 atom stereocenters. The van der Waals surface area contributed by atoms with E-state index in [1.807, 2.05) is 0 Å². The third kappa shape index (κ3) is 1.90. The fourth-order valence-corrected chi connectivity index (χ4v) is 2.17. The third-order valence-electron chi connectivity index (χ3n) is 2.93. The summed E-state index contributed by atoms with van der Waals surface area (Å²) in [5.74, 6) is -0.718. The summed E-state index contributed by atoms with van der Waals surface area (Å²) in [7, 11) is 0. The van der Waals surface area contributed by atoms with Crippen molar-refractivity contribution in [2.75, 3.05) is 0 Å². The summed E-state index contributed by atoms with van der Waals surface area (Å²) in [5, 5.41) is 10.8. The van der Waals surface area contributed by atoms with Gasteiger partial charge in [0.25, 0.3) is 5.69 Å². The molecule has 0 saturated heterocycles. The Labute approximate surface area is 117 Å². The molecule has 1 heterocycles. The molecule has 20 heavy (non-hydrogen) atoms. The Hall–Kier alpha value is -2.47. The first-order chi connectivity index (χ1) is 9.58. The fraction of sp³-hybridized carbons (Fsp3) is 0. The fourth-order valence-electron chi connectivity index (χ4n) is 2.02. The summed E-state index contributed by atoms with van der Waals surface area (Å²) in [6, 6.07) is 9.13. The minimum absolute atomic E-state index is 0.0885. The van der Waals surface area contributed by atoms with Crippen LogP contribution in [0.25, 0.3) is 16.7 Å². The van der Waals surface area contributed by atoms with E-state index >= 15 is 0 Å². The van der Waals surface area contributed by atoms with Gasteiger partial charge in [0, 0.05) is 12.1 Å². The molecule has 0 N–H and O–H groups in total. The third-order valence-corrected chi connectivity index (χ3v) is 3.22. The Kier molecular flexibility index (Phi) is 2.87. The molecule has 5 nitrogen and oxygen atoms in total. The van der Waals surface area contributed by atoms with Crippen LogP contribution in [0.5, 0.6) is 0 Å². The zero-order valence-electron chi connectivity index (χ0n) is 9.96. The summed E-state index contributed by atoms with van der Waals surface area (Å²) < 4.78 is 15.1. The van der Waals surface area contributed by atoms with Crippen LogP contribution in [0.1, 0.15) is 0 Å². The molecule has 2 aromatic carbocycles. The van der Waals surface area contributed by atoms with E-state index in [0.29, 0.717) is 11.0 Å². The predicted octanol–water partition coefficient (Wildman–Crippen LogP) is 3.73. The highest BCUT2D eigenvalue weighted by molar-refractivity contribution is 6.31. The maximum atomic E-state index is 13.6. The van der Waals surface area contributed by atoms with E-state index < -0.39 is 10.7 Å². The van der Waals surface area contributed by atoms with Crippen molar-refractivity contribution < 1.29 is 9.31 Å². The molecule has 1 aromatic heterocycles. The Bertz CT molecular complexity index is 832. The van der Waals surface area contributed by atoms with Crippen LogP contribution in [0.2, 0.25) is 5.02 Å². The second-order valence-corrected chi connectivity index (χ2v) is 4.52. The summed E-state index contributed by atoms with van der Waals surface area (Å²) in [6.45, 7) is 0. The van der Waals surface area contributed by atoms with Crippen LogP contribution in [-0.2, 0) is 0 Å². The molecule has 0 bridgehead atoms. The van der Waals surface area contributed by atoms with Crippen LogP contribution in [0.3, 0.4) is 0 Å². The molecule has 0 fully saturated rings. The quantitative estimate of drug-likeness (QED) is 0.534. The number of fused-ring (bicyclic) bond motifs is 1. The van der Waals surface area contributed by atoms with Crippen molar-refractivity contribution in [1.82, 2.24) is 9.55 Å². The number of hydrogen-bond acceptors (Lipinski definition) is 3. The lowest BCUT2D eigenvalue weighted by Crippen LogP contribution is -2.00. The van der Waals surface area contributed by atoms with Crippen molar-refractivity contribution in [3.8, 4) is 5.69 Å². The van der Waals surface area contributed by atoms with Gasteiger partial charge < -0.3 is 0 Å². The van der Waals surface area contributed by atoms with Crippen LogP contribution in [0.15, 0.2) is 42.7 Å². The molecule has 0 aliphatic heterocycles. The summed E-state index contributed by atoms with van der Waals surface area (Å²) in [4.78, 5) is 14.6. The molecule has 100 valence electrons. The van der Waals surface area contributed by atoms with Gasteiger partial charge in [-0.25, -0.2) is 9.37 Å². The molecule has 0 spiro atoms. The topological polar surface area (TPSA) is 61.0 Å². The van der Waals surface area contributed by atoms with E-state index in [0.717, 1.165) is 12.1 Å². The van der Waals surface area contributed by atoms with Gasteiger partial charge in [-0.05, 0) is 12.1 Å². The van der Waals surface area contributed by atoms with Crippen LogP contribution in [0.4, 0.5) is 10.1 Å². The Morgan fingerprint density at radius 1 is 1.30 bits per heavy atom. The largest absolute Gasteiger partial charge is 0.294 e. The zero-order valence-corrected chi connectivity index (χ0v) is 10.7. The minimum atomic E-state index is -0.718. The van der Waals surface area contributed by atoms with Gasteiger partial charge in [0.1, 0.15) is 17.8 Å². The van der Waals surface area contributed by atoms with Crippen molar-refractivity contribution in [3.05, 3.63) is 63.7 Å². The van der Waals surface area contributed by atoms with E-state index in [4.69, 9.17) is 11.6 Å². The summed E-state index contributed by atoms with van der Waals surface area (Å²) in [6.07, 6.45) is 1.42. The number of nitro benzene ring substituents is 1. The Morgan fingerprint density at radius 2 is 2.05 bits per heavy atom. The number of benzene rings is 2. The number of nitrogens with zero attached hydrogens (tertiary/aromatic N) is 3. The Balaban J connectivity index is 2.34. The maximum Gasteiger partial charge on any atom is 0.294 e. The SMILES string of the molecule is O=[N+]([O-])c1cc(Cl)c(F)cc1-n1cnc2ccccc21. The second kappa shape index (κ2) is 4.57. The molecule has 0 aliphatic rings. The van der Waals surface area contributed by atoms with Gasteiger partial charge in [-0.3, -0.25) is 14.7 Å². The number of rotatable bonds is 2. The van der Waals surface area contributed by atoms with Gasteiger partial charge >= 0.3 is 0 Å². The smallest absolute Gasteiger partial charge is 0.292 e. The number of hydrogen-bond donors (Lipinski definition) is 0. The number of nitro groups is 1. The predicted molar refractivity (Wildman–Crippen MR) is 72.7 cm³/mol. The lowest BCUT2D eigenvalue weighted by atomic mass is 10.2. The minimum Gasteiger partial charge on any atom is -0.292 e. The molecule has 7 heteroatoms. The number of imidazole rings is 1. The first kappa shape index (κ1) is 12.6. The molecule has 0 radical (unpaired) electrons. The van der Waals surface area contributed by atoms with Crippen molar-refractivity contribution in [2.45, 2.75) is 0 Å². The number of para-hydroxylation sites is 2. The highest BCUT2D eigenvalue weighted by atomic mass is 35.5. The number of aromatic nitrogens is 2. The normalized spacial score (nSPS) is 10.9. The van der Waals surface area contributed by atoms with Gasteiger partial charge in [0.05, 0.1) is 21.0 Å². The summed E-state index contributed by atoms with van der Waals surface area (Å²) in [5.41, 5.74) is 1.12. The van der Waals surface area contributed by atoms with Crippen molar-refractivity contribution in [2.24, 2.45) is 0 Å². The molecular formula is C13H7ClFN3O2. The first-order valence-electron chi connectivity index (χ1n) is 5.64. The molecular weight excluding hydrogens is 285 g/mol.